The lowest BCUT2D eigenvalue weighted by atomic mass is 10.2. The summed E-state index contributed by atoms with van der Waals surface area (Å²) in [7, 11) is 1.18. The number of amides is 5. The number of ether oxygens (including phenoxy) is 1. The maximum absolute atomic E-state index is 12.4. The molecule has 0 spiro atoms. The predicted octanol–water partition coefficient (Wildman–Crippen LogP) is -3.14. The van der Waals surface area contributed by atoms with E-state index >= 15 is 0 Å². The van der Waals surface area contributed by atoms with Crippen molar-refractivity contribution < 1.29 is 38.3 Å². The van der Waals surface area contributed by atoms with Gasteiger partial charge in [0.15, 0.2) is 0 Å². The Morgan fingerprint density at radius 3 is 1.14 bits per heavy atom. The molecule has 0 aromatic heterocycles. The minimum atomic E-state index is -1.04. The number of methoxy groups -OCH3 is 1. The Hall–Kier alpha value is -3.55. The van der Waals surface area contributed by atoms with Crippen LogP contribution in [0.5, 0.6) is 0 Å². The van der Waals surface area contributed by atoms with Gasteiger partial charge in [-0.05, 0) is 41.5 Å². The standard InChI is InChI=1S/C21H36N6O8/c1-10(22-8-9-28)16(29)23-11(2)17(30)24-12(3)18(31)25-13(4)19(32)26-14(5)20(33)27-15(6)21(34)35-7/h9-15,22H,8H2,1-7H3,(H,23,29)(H,24,30)(H,25,31)(H,26,32)(H,27,33)/t10-,11+,12+,13+,14+,15+/m1/s1. The number of carbonyl (C=O) groups is 7. The largest absolute Gasteiger partial charge is 0.467 e. The van der Waals surface area contributed by atoms with E-state index in [0.29, 0.717) is 6.29 Å². The monoisotopic (exact) mass is 500 g/mol. The van der Waals surface area contributed by atoms with E-state index in [1.54, 1.807) is 0 Å². The van der Waals surface area contributed by atoms with Gasteiger partial charge in [-0.15, -0.1) is 0 Å². The summed E-state index contributed by atoms with van der Waals surface area (Å²) < 4.78 is 4.51. The SMILES string of the molecule is COC(=O)[C@H](C)NC(=O)[C@H](C)NC(=O)[C@H](C)NC(=O)[C@H](C)NC(=O)[C@H](C)NC(=O)[C@@H](C)NCC=O. The third kappa shape index (κ3) is 11.4. The number of carbonyl (C=O) groups excluding carboxylic acids is 7. The highest BCUT2D eigenvalue weighted by atomic mass is 16.5. The van der Waals surface area contributed by atoms with Crippen LogP contribution in [0.3, 0.4) is 0 Å². The minimum Gasteiger partial charge on any atom is -0.467 e. The summed E-state index contributed by atoms with van der Waals surface area (Å²) >= 11 is 0. The Labute approximate surface area is 204 Å². The Bertz CT molecular complexity index is 805. The zero-order valence-electron chi connectivity index (χ0n) is 21.0. The molecule has 0 aliphatic heterocycles. The highest BCUT2D eigenvalue weighted by Crippen LogP contribution is 1.94. The molecular weight excluding hydrogens is 464 g/mol. The van der Waals surface area contributed by atoms with E-state index < -0.39 is 71.8 Å². The first-order chi connectivity index (χ1) is 16.2. The topological polar surface area (TPSA) is 201 Å². The Balaban J connectivity index is 4.66. The van der Waals surface area contributed by atoms with Gasteiger partial charge in [0.2, 0.25) is 29.5 Å². The van der Waals surface area contributed by atoms with Crippen LogP contribution >= 0.6 is 0 Å². The molecule has 0 rings (SSSR count). The molecule has 35 heavy (non-hydrogen) atoms. The third-order valence-electron chi connectivity index (χ3n) is 4.82. The second-order valence-corrected chi connectivity index (χ2v) is 7.97. The summed E-state index contributed by atoms with van der Waals surface area (Å²) in [5, 5.41) is 14.7. The molecule has 0 saturated carbocycles. The normalized spacial score (nSPS) is 15.6. The fourth-order valence-corrected chi connectivity index (χ4v) is 2.51. The molecule has 0 unspecified atom stereocenters. The van der Waals surface area contributed by atoms with Gasteiger partial charge in [0.25, 0.3) is 0 Å². The molecule has 14 heteroatoms. The molecule has 5 amide bonds. The van der Waals surface area contributed by atoms with Gasteiger partial charge in [-0.3, -0.25) is 29.3 Å². The molecule has 0 radical (unpaired) electrons. The van der Waals surface area contributed by atoms with Crippen LogP contribution in [-0.2, 0) is 38.3 Å². The van der Waals surface area contributed by atoms with Crippen LogP contribution in [-0.4, -0.2) is 91.7 Å². The van der Waals surface area contributed by atoms with Crippen molar-refractivity contribution in [3.8, 4) is 0 Å². The van der Waals surface area contributed by atoms with Crippen molar-refractivity contribution in [2.75, 3.05) is 13.7 Å². The quantitative estimate of drug-likeness (QED) is 0.105. The van der Waals surface area contributed by atoms with Crippen molar-refractivity contribution in [1.29, 1.82) is 0 Å². The van der Waals surface area contributed by atoms with Crippen molar-refractivity contribution in [2.45, 2.75) is 77.8 Å². The van der Waals surface area contributed by atoms with Gasteiger partial charge in [-0.2, -0.15) is 0 Å². The summed E-state index contributed by atoms with van der Waals surface area (Å²) in [6.45, 7) is 8.54. The summed E-state index contributed by atoms with van der Waals surface area (Å²) in [5.74, 6) is -3.74. The summed E-state index contributed by atoms with van der Waals surface area (Å²) in [4.78, 5) is 82.8. The molecule has 0 aliphatic carbocycles. The van der Waals surface area contributed by atoms with Crippen LogP contribution in [0.25, 0.3) is 0 Å². The van der Waals surface area contributed by atoms with Crippen LogP contribution in [0, 0.1) is 0 Å². The molecule has 0 aromatic rings. The molecule has 14 nitrogen and oxygen atoms in total. The van der Waals surface area contributed by atoms with Gasteiger partial charge >= 0.3 is 5.97 Å². The number of hydrogen-bond acceptors (Lipinski definition) is 9. The summed E-state index contributed by atoms with van der Waals surface area (Å²) in [5.41, 5.74) is 0. The molecule has 6 atom stereocenters. The number of rotatable bonds is 14. The second-order valence-electron chi connectivity index (χ2n) is 7.97. The fourth-order valence-electron chi connectivity index (χ4n) is 2.51. The number of hydrogen-bond donors (Lipinski definition) is 6. The van der Waals surface area contributed by atoms with E-state index in [9.17, 15) is 33.6 Å². The van der Waals surface area contributed by atoms with Crippen molar-refractivity contribution in [1.82, 2.24) is 31.9 Å². The average molecular weight is 501 g/mol. The predicted molar refractivity (Wildman–Crippen MR) is 124 cm³/mol. The number of nitrogens with one attached hydrogen (secondary N) is 6. The van der Waals surface area contributed by atoms with Gasteiger partial charge in [0.05, 0.1) is 19.7 Å². The number of aldehydes is 1. The maximum Gasteiger partial charge on any atom is 0.328 e. The van der Waals surface area contributed by atoms with E-state index in [-0.39, 0.29) is 6.54 Å². The molecule has 0 heterocycles. The first kappa shape index (κ1) is 31.4. The van der Waals surface area contributed by atoms with Crippen LogP contribution in [0.2, 0.25) is 0 Å². The minimum absolute atomic E-state index is 0.0196. The van der Waals surface area contributed by atoms with Crippen molar-refractivity contribution in [3.05, 3.63) is 0 Å². The van der Waals surface area contributed by atoms with E-state index in [1.807, 2.05) is 0 Å². The molecule has 0 aliphatic rings. The van der Waals surface area contributed by atoms with Crippen LogP contribution in [0.4, 0.5) is 0 Å². The molecular formula is C21H36N6O8. The van der Waals surface area contributed by atoms with Crippen molar-refractivity contribution in [3.63, 3.8) is 0 Å². The third-order valence-corrected chi connectivity index (χ3v) is 4.82. The highest BCUT2D eigenvalue weighted by molar-refractivity contribution is 5.95. The lowest BCUT2D eigenvalue weighted by Crippen LogP contribution is -2.57. The van der Waals surface area contributed by atoms with E-state index in [0.717, 1.165) is 0 Å². The summed E-state index contributed by atoms with van der Waals surface area (Å²) in [6, 6.07) is -5.66. The van der Waals surface area contributed by atoms with Crippen LogP contribution < -0.4 is 31.9 Å². The molecule has 0 fully saturated rings. The van der Waals surface area contributed by atoms with Crippen molar-refractivity contribution >= 4 is 41.8 Å². The molecule has 0 bridgehead atoms. The average Bonchev–Trinajstić information content (AvgIpc) is 2.80. The Kier molecular flexibility index (Phi) is 13.8. The molecule has 198 valence electrons. The smallest absolute Gasteiger partial charge is 0.328 e. The lowest BCUT2D eigenvalue weighted by Gasteiger charge is -2.22. The van der Waals surface area contributed by atoms with Crippen LogP contribution in [0.15, 0.2) is 0 Å². The highest BCUT2D eigenvalue weighted by Gasteiger charge is 2.27. The first-order valence-electron chi connectivity index (χ1n) is 11.0. The van der Waals surface area contributed by atoms with E-state index in [2.05, 4.69) is 36.6 Å². The Morgan fingerprint density at radius 1 is 0.571 bits per heavy atom. The number of esters is 1. The summed E-state index contributed by atoms with van der Waals surface area (Å²) in [6.07, 6.45) is 0.600. The van der Waals surface area contributed by atoms with E-state index in [4.69, 9.17) is 0 Å². The fraction of sp³-hybridized carbons (Fsp3) is 0.667. The van der Waals surface area contributed by atoms with E-state index in [1.165, 1.54) is 48.7 Å². The van der Waals surface area contributed by atoms with Gasteiger partial charge in [0.1, 0.15) is 36.5 Å². The van der Waals surface area contributed by atoms with Crippen molar-refractivity contribution in [2.24, 2.45) is 0 Å². The van der Waals surface area contributed by atoms with Gasteiger partial charge < -0.3 is 36.1 Å². The lowest BCUT2D eigenvalue weighted by molar-refractivity contribution is -0.144. The molecule has 0 aromatic carbocycles. The van der Waals surface area contributed by atoms with Gasteiger partial charge in [-0.25, -0.2) is 4.79 Å². The van der Waals surface area contributed by atoms with Gasteiger partial charge in [-0.1, -0.05) is 0 Å². The molecule has 6 N–H and O–H groups in total. The zero-order chi connectivity index (χ0) is 27.3. The maximum atomic E-state index is 12.4. The second kappa shape index (κ2) is 15.4. The first-order valence-corrected chi connectivity index (χ1v) is 11.0. The Morgan fingerprint density at radius 2 is 0.857 bits per heavy atom. The van der Waals surface area contributed by atoms with Gasteiger partial charge in [0, 0.05) is 0 Å². The zero-order valence-corrected chi connectivity index (χ0v) is 21.0. The molecule has 0 saturated heterocycles. The van der Waals surface area contributed by atoms with Crippen LogP contribution in [0.1, 0.15) is 41.5 Å².